The van der Waals surface area contributed by atoms with Crippen molar-refractivity contribution in [2.75, 3.05) is 42.5 Å². The Morgan fingerprint density at radius 1 is 0.730 bits per heavy atom. The highest BCUT2D eigenvalue weighted by Gasteiger charge is 2.22. The lowest BCUT2D eigenvalue weighted by Gasteiger charge is -2.36. The van der Waals surface area contributed by atoms with Crippen molar-refractivity contribution in [2.45, 2.75) is 13.0 Å². The van der Waals surface area contributed by atoms with Crippen molar-refractivity contribution in [3.8, 4) is 11.1 Å². The number of nitrogens with zero attached hydrogens (tertiary/aromatic N) is 3. The first kappa shape index (κ1) is 24.6. The number of hydrogen-bond acceptors (Lipinski definition) is 3. The summed E-state index contributed by atoms with van der Waals surface area (Å²) < 4.78 is 13.5. The predicted octanol–water partition coefficient (Wildman–Crippen LogP) is 6.24. The Balaban J connectivity index is 1.27. The molecule has 1 aliphatic heterocycles. The minimum Gasteiger partial charge on any atom is -0.368 e. The van der Waals surface area contributed by atoms with E-state index in [1.165, 1.54) is 17.8 Å². The molecule has 5 rings (SSSR count). The summed E-state index contributed by atoms with van der Waals surface area (Å²) in [6, 6.07) is 35.7. The number of carbonyl (C=O) groups excluding carboxylic acids is 1. The van der Waals surface area contributed by atoms with E-state index in [0.717, 1.165) is 48.6 Å². The number of anilines is 2. The zero-order chi connectivity index (χ0) is 25.5. The Labute approximate surface area is 218 Å². The number of halogens is 1. The molecule has 4 nitrogen and oxygen atoms in total. The van der Waals surface area contributed by atoms with Gasteiger partial charge in [0.2, 0.25) is 5.91 Å². The topological polar surface area (TPSA) is 26.8 Å². The summed E-state index contributed by atoms with van der Waals surface area (Å²) in [7, 11) is 0. The van der Waals surface area contributed by atoms with Crippen LogP contribution in [-0.4, -0.2) is 43.5 Å². The van der Waals surface area contributed by atoms with E-state index in [9.17, 15) is 9.18 Å². The van der Waals surface area contributed by atoms with Crippen molar-refractivity contribution in [3.05, 3.63) is 121 Å². The molecule has 1 heterocycles. The number of amides is 1. The second-order valence-corrected chi connectivity index (χ2v) is 9.42. The highest BCUT2D eigenvalue weighted by atomic mass is 19.1. The third-order valence-corrected chi connectivity index (χ3v) is 6.95. The maximum absolute atomic E-state index is 13.5. The minimum atomic E-state index is -0.244. The Hall–Kier alpha value is -4.12. The number of rotatable bonds is 8. The zero-order valence-corrected chi connectivity index (χ0v) is 21.0. The van der Waals surface area contributed by atoms with Crippen LogP contribution in [0.2, 0.25) is 0 Å². The average molecular weight is 494 g/mol. The first-order valence-electron chi connectivity index (χ1n) is 12.9. The summed E-state index contributed by atoms with van der Waals surface area (Å²) >= 11 is 0. The number of hydrogen-bond donors (Lipinski definition) is 0. The van der Waals surface area contributed by atoms with Gasteiger partial charge in [-0.05, 0) is 53.1 Å². The van der Waals surface area contributed by atoms with Gasteiger partial charge in [0.05, 0.1) is 0 Å². The van der Waals surface area contributed by atoms with Crippen LogP contribution in [-0.2, 0) is 11.3 Å². The summed E-state index contributed by atoms with van der Waals surface area (Å²) in [5.41, 5.74) is 5.55. The molecule has 4 aromatic rings. The van der Waals surface area contributed by atoms with Crippen molar-refractivity contribution in [3.63, 3.8) is 0 Å². The van der Waals surface area contributed by atoms with Gasteiger partial charge in [-0.1, -0.05) is 72.8 Å². The molecule has 0 unspecified atom stereocenters. The van der Waals surface area contributed by atoms with Crippen LogP contribution < -0.4 is 9.80 Å². The van der Waals surface area contributed by atoms with E-state index < -0.39 is 0 Å². The quantitative estimate of drug-likeness (QED) is 0.291. The van der Waals surface area contributed by atoms with Gasteiger partial charge in [-0.25, -0.2) is 4.39 Å². The highest BCUT2D eigenvalue weighted by molar-refractivity contribution is 5.77. The van der Waals surface area contributed by atoms with Gasteiger partial charge in [-0.3, -0.25) is 4.79 Å². The van der Waals surface area contributed by atoms with Gasteiger partial charge in [0.25, 0.3) is 0 Å². The molecule has 4 aromatic carbocycles. The van der Waals surface area contributed by atoms with E-state index in [0.29, 0.717) is 19.5 Å². The summed E-state index contributed by atoms with van der Waals surface area (Å²) in [5.74, 6) is -0.0674. The Bertz CT molecular complexity index is 1290. The molecule has 0 aromatic heterocycles. The standard InChI is InChI=1S/C32H32FN3O/c33-29-16-14-26(15-17-29)25-36(31-13-7-10-28(24-31)27-8-3-1-4-9-27)19-18-32(37)35-22-20-34(21-23-35)30-11-5-2-6-12-30/h1-17,24H,18-23,25H2. The fourth-order valence-electron chi connectivity index (χ4n) is 4.86. The van der Waals surface area contributed by atoms with E-state index in [-0.39, 0.29) is 11.7 Å². The van der Waals surface area contributed by atoms with Gasteiger partial charge < -0.3 is 14.7 Å². The minimum absolute atomic E-state index is 0.177. The van der Waals surface area contributed by atoms with Crippen LogP contribution in [0.25, 0.3) is 11.1 Å². The molecule has 188 valence electrons. The van der Waals surface area contributed by atoms with Crippen LogP contribution in [0.1, 0.15) is 12.0 Å². The van der Waals surface area contributed by atoms with E-state index >= 15 is 0 Å². The van der Waals surface area contributed by atoms with Crippen molar-refractivity contribution in [2.24, 2.45) is 0 Å². The Kier molecular flexibility index (Phi) is 7.80. The summed E-state index contributed by atoms with van der Waals surface area (Å²) in [5, 5.41) is 0. The molecule has 0 N–H and O–H groups in total. The van der Waals surface area contributed by atoms with Crippen molar-refractivity contribution in [1.82, 2.24) is 4.90 Å². The van der Waals surface area contributed by atoms with Crippen LogP contribution in [0.15, 0.2) is 109 Å². The van der Waals surface area contributed by atoms with Crippen molar-refractivity contribution in [1.29, 1.82) is 0 Å². The molecular weight excluding hydrogens is 461 g/mol. The Morgan fingerprint density at radius 2 is 1.38 bits per heavy atom. The fraction of sp³-hybridized carbons (Fsp3) is 0.219. The predicted molar refractivity (Wildman–Crippen MR) is 149 cm³/mol. The van der Waals surface area contributed by atoms with Crippen LogP contribution in [0, 0.1) is 5.82 Å². The van der Waals surface area contributed by atoms with Gasteiger partial charge in [-0.2, -0.15) is 0 Å². The van der Waals surface area contributed by atoms with Gasteiger partial charge in [0.1, 0.15) is 5.82 Å². The third-order valence-electron chi connectivity index (χ3n) is 6.95. The molecular formula is C32H32FN3O. The lowest BCUT2D eigenvalue weighted by atomic mass is 10.0. The van der Waals surface area contributed by atoms with Gasteiger partial charge in [0, 0.05) is 57.1 Å². The van der Waals surface area contributed by atoms with Gasteiger partial charge in [0.15, 0.2) is 0 Å². The number of para-hydroxylation sites is 1. The SMILES string of the molecule is O=C(CCN(Cc1ccc(F)cc1)c1cccc(-c2ccccc2)c1)N1CCN(c2ccccc2)CC1. The van der Waals surface area contributed by atoms with Gasteiger partial charge >= 0.3 is 0 Å². The lowest BCUT2D eigenvalue weighted by Crippen LogP contribution is -2.49. The first-order valence-corrected chi connectivity index (χ1v) is 12.9. The van der Waals surface area contributed by atoms with Crippen LogP contribution in [0.3, 0.4) is 0 Å². The highest BCUT2D eigenvalue weighted by Crippen LogP contribution is 2.26. The number of piperazine rings is 1. The van der Waals surface area contributed by atoms with Gasteiger partial charge in [-0.15, -0.1) is 0 Å². The molecule has 1 saturated heterocycles. The van der Waals surface area contributed by atoms with E-state index in [1.807, 2.05) is 41.3 Å². The monoisotopic (exact) mass is 493 g/mol. The maximum atomic E-state index is 13.5. The number of carbonyl (C=O) groups is 1. The van der Waals surface area contributed by atoms with Crippen molar-refractivity contribution < 1.29 is 9.18 Å². The third kappa shape index (κ3) is 6.36. The molecule has 0 aliphatic carbocycles. The molecule has 0 radical (unpaired) electrons. The second kappa shape index (κ2) is 11.7. The van der Waals surface area contributed by atoms with E-state index in [1.54, 1.807) is 0 Å². The maximum Gasteiger partial charge on any atom is 0.224 e. The fourth-order valence-corrected chi connectivity index (χ4v) is 4.86. The molecule has 0 atom stereocenters. The molecule has 1 fully saturated rings. The summed E-state index contributed by atoms with van der Waals surface area (Å²) in [6.45, 7) is 4.34. The average Bonchev–Trinajstić information content (AvgIpc) is 2.97. The molecule has 1 aliphatic rings. The molecule has 1 amide bonds. The largest absolute Gasteiger partial charge is 0.368 e. The van der Waals surface area contributed by atoms with Crippen LogP contribution in [0.4, 0.5) is 15.8 Å². The number of benzene rings is 4. The first-order chi connectivity index (χ1) is 18.2. The summed E-state index contributed by atoms with van der Waals surface area (Å²) in [4.78, 5) is 19.7. The molecule has 0 bridgehead atoms. The Morgan fingerprint density at radius 3 is 2.08 bits per heavy atom. The molecule has 0 saturated carbocycles. The molecule has 37 heavy (non-hydrogen) atoms. The normalized spacial score (nSPS) is 13.4. The molecule has 5 heteroatoms. The van der Waals surface area contributed by atoms with Crippen LogP contribution >= 0.6 is 0 Å². The van der Waals surface area contributed by atoms with Crippen LogP contribution in [0.5, 0.6) is 0 Å². The van der Waals surface area contributed by atoms with E-state index in [4.69, 9.17) is 0 Å². The lowest BCUT2D eigenvalue weighted by molar-refractivity contribution is -0.131. The molecule has 0 spiro atoms. The zero-order valence-electron chi connectivity index (χ0n) is 21.0. The smallest absolute Gasteiger partial charge is 0.224 e. The summed E-state index contributed by atoms with van der Waals surface area (Å²) in [6.07, 6.45) is 0.433. The van der Waals surface area contributed by atoms with Crippen molar-refractivity contribution >= 4 is 17.3 Å². The van der Waals surface area contributed by atoms with E-state index in [2.05, 4.69) is 70.5 Å². The second-order valence-electron chi connectivity index (χ2n) is 9.42.